The Balaban J connectivity index is 1.62. The van der Waals surface area contributed by atoms with E-state index in [1.54, 1.807) is 42.1 Å². The second-order valence-electron chi connectivity index (χ2n) is 8.11. The van der Waals surface area contributed by atoms with Gasteiger partial charge in [0.15, 0.2) is 5.16 Å². The number of ether oxygens (including phenoxy) is 1. The summed E-state index contributed by atoms with van der Waals surface area (Å²) in [5.41, 5.74) is 1.66. The van der Waals surface area contributed by atoms with Crippen LogP contribution in [0.25, 0.3) is 15.9 Å². The van der Waals surface area contributed by atoms with Gasteiger partial charge < -0.3 is 10.1 Å². The van der Waals surface area contributed by atoms with Gasteiger partial charge in [0.1, 0.15) is 10.6 Å². The summed E-state index contributed by atoms with van der Waals surface area (Å²) in [4.78, 5) is 46.7. The number of nitrogens with zero attached hydrogens (tertiary/aromatic N) is 3. The number of thiophene rings is 1. The Kier molecular flexibility index (Phi) is 5.88. The van der Waals surface area contributed by atoms with Crippen molar-refractivity contribution in [2.24, 2.45) is 0 Å². The van der Waals surface area contributed by atoms with Crippen molar-refractivity contribution in [1.29, 1.82) is 0 Å². The third-order valence-corrected chi connectivity index (χ3v) is 8.27. The van der Waals surface area contributed by atoms with Crippen molar-refractivity contribution >= 4 is 45.3 Å². The lowest BCUT2D eigenvalue weighted by molar-refractivity contribution is -0.126. The maximum absolute atomic E-state index is 13.8. The first-order chi connectivity index (χ1) is 16.0. The van der Waals surface area contributed by atoms with Crippen LogP contribution in [0.2, 0.25) is 0 Å². The number of nitrogens with one attached hydrogen (secondary N) is 1. The van der Waals surface area contributed by atoms with Gasteiger partial charge in [0.2, 0.25) is 5.91 Å². The molecule has 1 N–H and O–H groups in total. The lowest BCUT2D eigenvalue weighted by atomic mass is 9.97. The molecule has 5 rings (SSSR count). The molecule has 1 aliphatic carbocycles. The van der Waals surface area contributed by atoms with Crippen molar-refractivity contribution in [2.75, 3.05) is 20.2 Å². The van der Waals surface area contributed by atoms with Crippen molar-refractivity contribution in [2.45, 2.75) is 43.0 Å². The highest BCUT2D eigenvalue weighted by Crippen LogP contribution is 2.36. The molecule has 0 spiro atoms. The minimum atomic E-state index is -0.586. The molecule has 172 valence electrons. The predicted molar refractivity (Wildman–Crippen MR) is 129 cm³/mol. The minimum Gasteiger partial charge on any atom is -0.497 e. The number of imide groups is 1. The van der Waals surface area contributed by atoms with Crippen LogP contribution in [0.3, 0.4) is 0 Å². The van der Waals surface area contributed by atoms with Crippen LogP contribution >= 0.6 is 23.1 Å². The number of benzene rings is 1. The molecule has 1 unspecified atom stereocenters. The Hall–Kier alpha value is -2.85. The standard InChI is InChI=1S/C23H24N4O4S2/c1-13(20(28)26-12-11-24-22(26)30)32-23-25-19-18(16-5-3-4-6-17(16)33-19)21(29)27(23)14-7-9-15(31-2)10-8-14/h7-10,13H,3-6,11-12H2,1-2H3,(H,24,30). The Morgan fingerprint density at radius 2 is 1.97 bits per heavy atom. The molecule has 8 nitrogen and oxygen atoms in total. The topological polar surface area (TPSA) is 93.5 Å². The summed E-state index contributed by atoms with van der Waals surface area (Å²) in [6.45, 7) is 2.54. The van der Waals surface area contributed by atoms with E-state index in [9.17, 15) is 14.4 Å². The SMILES string of the molecule is COc1ccc(-n2c(SC(C)C(=O)N3CCNC3=O)nc3sc4c(c3c2=O)CCCC4)cc1. The van der Waals surface area contributed by atoms with E-state index >= 15 is 0 Å². The minimum absolute atomic E-state index is 0.120. The first kappa shape index (κ1) is 22.0. The molecular formula is C23H24N4O4S2. The number of carbonyl (C=O) groups excluding carboxylic acids is 2. The summed E-state index contributed by atoms with van der Waals surface area (Å²) >= 11 is 2.78. The number of urea groups is 1. The third kappa shape index (κ3) is 3.91. The predicted octanol–water partition coefficient (Wildman–Crippen LogP) is 3.37. The van der Waals surface area contributed by atoms with E-state index < -0.39 is 5.25 Å². The van der Waals surface area contributed by atoms with Crippen molar-refractivity contribution in [1.82, 2.24) is 19.8 Å². The molecule has 3 aromatic rings. The van der Waals surface area contributed by atoms with Gasteiger partial charge in [-0.15, -0.1) is 11.3 Å². The lowest BCUT2D eigenvalue weighted by Crippen LogP contribution is -2.39. The Morgan fingerprint density at radius 3 is 2.67 bits per heavy atom. The van der Waals surface area contributed by atoms with Gasteiger partial charge in [-0.3, -0.25) is 19.1 Å². The van der Waals surface area contributed by atoms with E-state index in [0.29, 0.717) is 35.1 Å². The summed E-state index contributed by atoms with van der Waals surface area (Å²) < 4.78 is 6.85. The second-order valence-corrected chi connectivity index (χ2v) is 10.5. The number of hydrogen-bond acceptors (Lipinski definition) is 7. The first-order valence-electron chi connectivity index (χ1n) is 11.0. The fraction of sp³-hybridized carbons (Fsp3) is 0.391. The molecule has 1 saturated heterocycles. The van der Waals surface area contributed by atoms with Crippen LogP contribution in [-0.2, 0) is 17.6 Å². The van der Waals surface area contributed by atoms with Gasteiger partial charge in [0.25, 0.3) is 5.56 Å². The molecule has 1 aliphatic heterocycles. The Bertz CT molecular complexity index is 1300. The molecule has 3 amide bonds. The Morgan fingerprint density at radius 1 is 1.21 bits per heavy atom. The molecule has 1 atom stereocenters. The molecule has 10 heteroatoms. The number of thioether (sulfide) groups is 1. The number of hydrogen-bond donors (Lipinski definition) is 1. The highest BCUT2D eigenvalue weighted by Gasteiger charge is 2.32. The lowest BCUT2D eigenvalue weighted by Gasteiger charge is -2.19. The molecule has 3 heterocycles. The van der Waals surface area contributed by atoms with E-state index in [4.69, 9.17) is 9.72 Å². The maximum atomic E-state index is 13.8. The van der Waals surface area contributed by atoms with Gasteiger partial charge in [0.05, 0.1) is 23.4 Å². The van der Waals surface area contributed by atoms with E-state index in [1.165, 1.54) is 21.5 Å². The van der Waals surface area contributed by atoms with Gasteiger partial charge in [-0.05, 0) is 62.4 Å². The van der Waals surface area contributed by atoms with E-state index in [0.717, 1.165) is 36.1 Å². The van der Waals surface area contributed by atoms with Gasteiger partial charge in [0, 0.05) is 18.0 Å². The van der Waals surface area contributed by atoms with Crippen molar-refractivity contribution in [3.8, 4) is 11.4 Å². The molecule has 0 saturated carbocycles. The molecule has 0 bridgehead atoms. The number of fused-ring (bicyclic) bond motifs is 3. The zero-order valence-corrected chi connectivity index (χ0v) is 20.1. The second kappa shape index (κ2) is 8.83. The van der Waals surface area contributed by atoms with Crippen LogP contribution < -0.4 is 15.6 Å². The van der Waals surface area contributed by atoms with Crippen LogP contribution in [0, 0.1) is 0 Å². The summed E-state index contributed by atoms with van der Waals surface area (Å²) in [6, 6.07) is 6.85. The summed E-state index contributed by atoms with van der Waals surface area (Å²) in [5, 5.41) is 3.20. The van der Waals surface area contributed by atoms with Crippen LogP contribution in [0.4, 0.5) is 4.79 Å². The van der Waals surface area contributed by atoms with Gasteiger partial charge >= 0.3 is 6.03 Å². The molecular weight excluding hydrogens is 460 g/mol. The maximum Gasteiger partial charge on any atom is 0.324 e. The van der Waals surface area contributed by atoms with Crippen molar-refractivity contribution in [3.63, 3.8) is 0 Å². The fourth-order valence-corrected chi connectivity index (χ4v) is 6.63. The number of rotatable bonds is 5. The highest BCUT2D eigenvalue weighted by atomic mass is 32.2. The number of aromatic nitrogens is 2. The normalized spacial score (nSPS) is 16.5. The zero-order chi connectivity index (χ0) is 23.1. The van der Waals surface area contributed by atoms with Crippen molar-refractivity contribution < 1.29 is 14.3 Å². The number of amides is 3. The number of aryl methyl sites for hydroxylation is 2. The summed E-state index contributed by atoms with van der Waals surface area (Å²) in [6.07, 6.45) is 4.05. The number of methoxy groups -OCH3 is 1. The summed E-state index contributed by atoms with van der Waals surface area (Å²) in [7, 11) is 1.59. The average Bonchev–Trinajstić information content (AvgIpc) is 3.42. The first-order valence-corrected chi connectivity index (χ1v) is 12.6. The average molecular weight is 485 g/mol. The molecule has 2 aromatic heterocycles. The van der Waals surface area contributed by atoms with Gasteiger partial charge in [-0.1, -0.05) is 11.8 Å². The summed E-state index contributed by atoms with van der Waals surface area (Å²) in [5.74, 6) is 0.391. The molecule has 1 fully saturated rings. The largest absolute Gasteiger partial charge is 0.497 e. The Labute approximate surface area is 198 Å². The molecule has 1 aromatic carbocycles. The van der Waals surface area contributed by atoms with E-state index in [1.807, 2.05) is 12.1 Å². The molecule has 33 heavy (non-hydrogen) atoms. The van der Waals surface area contributed by atoms with Crippen LogP contribution in [0.15, 0.2) is 34.2 Å². The zero-order valence-electron chi connectivity index (χ0n) is 18.4. The number of carbonyl (C=O) groups is 2. The smallest absolute Gasteiger partial charge is 0.324 e. The van der Waals surface area contributed by atoms with Gasteiger partial charge in [-0.25, -0.2) is 9.78 Å². The fourth-order valence-electron chi connectivity index (χ4n) is 4.33. The van der Waals surface area contributed by atoms with E-state index in [-0.39, 0.29) is 17.5 Å². The van der Waals surface area contributed by atoms with Crippen molar-refractivity contribution in [3.05, 3.63) is 45.1 Å². The third-order valence-electron chi connectivity index (χ3n) is 6.04. The quantitative estimate of drug-likeness (QED) is 0.441. The monoisotopic (exact) mass is 484 g/mol. The van der Waals surface area contributed by atoms with E-state index in [2.05, 4.69) is 5.32 Å². The molecule has 0 radical (unpaired) electrons. The molecule has 2 aliphatic rings. The van der Waals surface area contributed by atoms with Gasteiger partial charge in [-0.2, -0.15) is 0 Å². The van der Waals surface area contributed by atoms with Crippen LogP contribution in [-0.4, -0.2) is 51.8 Å². The van der Waals surface area contributed by atoms with Crippen LogP contribution in [0.5, 0.6) is 5.75 Å². The highest BCUT2D eigenvalue weighted by molar-refractivity contribution is 8.00. The van der Waals surface area contributed by atoms with Crippen LogP contribution in [0.1, 0.15) is 30.2 Å².